The van der Waals surface area contributed by atoms with Gasteiger partial charge in [-0.15, -0.1) is 0 Å². The Labute approximate surface area is 428 Å². The Morgan fingerprint density at radius 2 is 0.652 bits per heavy atom. The van der Waals surface area contributed by atoms with E-state index in [0.29, 0.717) is 5.71 Å². The van der Waals surface area contributed by atoms with Gasteiger partial charge in [-0.05, 0) is 165 Å². The van der Waals surface area contributed by atoms with Crippen LogP contribution in [-0.2, 0) is 20.4 Å². The molecule has 3 aromatic carbocycles. The van der Waals surface area contributed by atoms with Crippen LogP contribution >= 0.6 is 15.8 Å². The summed E-state index contributed by atoms with van der Waals surface area (Å²) in [4.78, 5) is 10.1. The molecule has 0 spiro atoms. The molecule has 6 aliphatic carbocycles. The van der Waals surface area contributed by atoms with Gasteiger partial charge in [-0.3, -0.25) is 0 Å². The van der Waals surface area contributed by atoms with E-state index in [1.54, 1.807) is 200 Å². The maximum atomic E-state index is 12.6. The Morgan fingerprint density at radius 3 is 0.855 bits per heavy atom. The van der Waals surface area contributed by atoms with E-state index in [-0.39, 0.29) is 42.2 Å². The minimum Gasteiger partial charge on any atom is -0.811 e. The molecular formula is C58H83F5NO2P2Pd+. The van der Waals surface area contributed by atoms with Crippen LogP contribution in [0, 0.1) is 29.1 Å². The first-order valence-corrected chi connectivity index (χ1v) is 30.6. The number of hydrogen-bond donors (Lipinski definition) is 1. The van der Waals surface area contributed by atoms with Crippen LogP contribution < -0.4 is 0 Å². The van der Waals surface area contributed by atoms with Gasteiger partial charge in [0, 0.05) is 42.2 Å². The van der Waals surface area contributed by atoms with E-state index in [9.17, 15) is 32.2 Å². The van der Waals surface area contributed by atoms with Crippen molar-refractivity contribution in [1.29, 1.82) is 0 Å². The van der Waals surface area contributed by atoms with Crippen molar-refractivity contribution in [2.24, 2.45) is 0 Å². The Morgan fingerprint density at radius 1 is 0.435 bits per heavy atom. The number of carbonyl (C=O) groups is 1. The van der Waals surface area contributed by atoms with E-state index < -0.39 is 40.6 Å². The molecule has 69 heavy (non-hydrogen) atoms. The van der Waals surface area contributed by atoms with Crippen molar-refractivity contribution in [3.8, 4) is 0 Å². The summed E-state index contributed by atoms with van der Waals surface area (Å²) in [7, 11) is -0.0930. The molecule has 0 bridgehead atoms. The quantitative estimate of drug-likeness (QED) is 0.0549. The Bertz CT molecular complexity index is 1730. The van der Waals surface area contributed by atoms with E-state index in [4.69, 9.17) is 5.11 Å². The number of benzene rings is 3. The molecule has 6 fully saturated rings. The van der Waals surface area contributed by atoms with E-state index in [1.165, 1.54) is 34.0 Å². The smallest absolute Gasteiger partial charge is 0.341 e. The first-order valence-electron chi connectivity index (χ1n) is 27.2. The van der Waals surface area contributed by atoms with Crippen molar-refractivity contribution in [2.45, 2.75) is 239 Å². The molecule has 386 valence electrons. The number of carboxylic acid groups (broad SMARTS) is 1. The van der Waals surface area contributed by atoms with E-state index >= 15 is 0 Å². The van der Waals surface area contributed by atoms with Crippen LogP contribution in [0.25, 0.3) is 5.41 Å². The number of halogens is 5. The van der Waals surface area contributed by atoms with Crippen molar-refractivity contribution < 1.29 is 52.3 Å². The van der Waals surface area contributed by atoms with Crippen LogP contribution in [-0.4, -0.2) is 50.7 Å². The van der Waals surface area contributed by atoms with Gasteiger partial charge in [-0.1, -0.05) is 106 Å². The van der Waals surface area contributed by atoms with Gasteiger partial charge in [-0.2, -0.15) is 5.71 Å². The summed E-state index contributed by atoms with van der Waals surface area (Å²) in [5.41, 5.74) is 8.17. The SMILES string of the molecule is C1CCC([PH+](C2CCCCC2)C2CCCCC2)CC1.C1CCC([PH+](C2CCCCC2)C2CCCCC2)CC1.CC(=[N-])C(c1ccccc1)c1ccccc1.O=C(O)c1c(F)c(F)c(F)c(F)c1F.[Pd]. The molecule has 6 aliphatic rings. The number of rotatable bonds is 10. The van der Waals surface area contributed by atoms with E-state index in [1.807, 2.05) is 60.7 Å². The van der Waals surface area contributed by atoms with Gasteiger partial charge in [-0.25, -0.2) is 26.7 Å². The first kappa shape index (κ1) is 57.9. The largest absolute Gasteiger partial charge is 0.811 e. The molecule has 0 radical (unpaired) electrons. The predicted octanol–water partition coefficient (Wildman–Crippen LogP) is 18.3. The van der Waals surface area contributed by atoms with Gasteiger partial charge in [0.2, 0.25) is 5.82 Å². The van der Waals surface area contributed by atoms with Crippen molar-refractivity contribution in [3.63, 3.8) is 0 Å². The third-order valence-corrected chi connectivity index (χ3v) is 25.7. The molecule has 9 rings (SSSR count). The zero-order valence-electron chi connectivity index (χ0n) is 41.5. The van der Waals surface area contributed by atoms with Crippen LogP contribution in [0.2, 0.25) is 0 Å². The van der Waals surface area contributed by atoms with Crippen molar-refractivity contribution in [3.05, 3.63) is 112 Å². The molecule has 1 N–H and O–H groups in total. The first-order chi connectivity index (χ1) is 33.1. The average molecular weight is 1090 g/mol. The molecular weight excluding hydrogens is 1010 g/mol. The van der Waals surface area contributed by atoms with Crippen LogP contribution in [0.4, 0.5) is 22.0 Å². The van der Waals surface area contributed by atoms with Gasteiger partial charge >= 0.3 is 5.97 Å². The molecule has 3 nitrogen and oxygen atoms in total. The van der Waals surface area contributed by atoms with Crippen LogP contribution in [0.3, 0.4) is 0 Å². The second-order valence-corrected chi connectivity index (χ2v) is 28.1. The van der Waals surface area contributed by atoms with Gasteiger partial charge < -0.3 is 10.5 Å². The Kier molecular flexibility index (Phi) is 25.9. The maximum absolute atomic E-state index is 12.6. The Balaban J connectivity index is 0.000000172. The zero-order valence-corrected chi connectivity index (χ0v) is 45.1. The minimum atomic E-state index is -2.38. The fraction of sp³-hybridized carbons (Fsp3) is 0.655. The summed E-state index contributed by atoms with van der Waals surface area (Å²) >= 11 is 0. The third kappa shape index (κ3) is 17.0. The topological polar surface area (TPSA) is 59.6 Å². The van der Waals surface area contributed by atoms with Crippen molar-refractivity contribution in [1.82, 2.24) is 0 Å². The van der Waals surface area contributed by atoms with Gasteiger partial charge in [0.1, 0.15) is 5.56 Å². The van der Waals surface area contributed by atoms with Crippen LogP contribution in [0.15, 0.2) is 60.7 Å². The second kappa shape index (κ2) is 30.9. The van der Waals surface area contributed by atoms with Crippen LogP contribution in [0.5, 0.6) is 0 Å². The molecule has 11 heteroatoms. The summed E-state index contributed by atoms with van der Waals surface area (Å²) in [6, 6.07) is 20.1. The third-order valence-electron chi connectivity index (χ3n) is 16.6. The van der Waals surface area contributed by atoms with Crippen molar-refractivity contribution >= 4 is 27.5 Å². The Hall–Kier alpha value is -2.03. The summed E-state index contributed by atoms with van der Waals surface area (Å²) in [6.45, 7) is 1.75. The molecule has 0 unspecified atom stereocenters. The van der Waals surface area contributed by atoms with Crippen molar-refractivity contribution in [2.75, 3.05) is 0 Å². The zero-order chi connectivity index (χ0) is 48.3. The molecule has 6 saturated carbocycles. The normalized spacial score (nSPS) is 20.4. The molecule has 0 atom stereocenters. The monoisotopic (exact) mass is 1090 g/mol. The average Bonchev–Trinajstić information content (AvgIpc) is 3.38. The van der Waals surface area contributed by atoms with Gasteiger partial charge in [0.15, 0.2) is 23.3 Å². The molecule has 0 aliphatic heterocycles. The summed E-state index contributed by atoms with van der Waals surface area (Å²) in [6.07, 6.45) is 47.6. The molecule has 0 amide bonds. The van der Waals surface area contributed by atoms with Crippen LogP contribution in [0.1, 0.15) is 227 Å². The summed E-state index contributed by atoms with van der Waals surface area (Å²) < 4.78 is 62.1. The minimum absolute atomic E-state index is 0. The second-order valence-electron chi connectivity index (χ2n) is 21.2. The number of carboxylic acids is 1. The molecule has 3 aromatic rings. The molecule has 0 saturated heterocycles. The number of hydrogen-bond acceptors (Lipinski definition) is 1. The predicted molar refractivity (Wildman–Crippen MR) is 280 cm³/mol. The van der Waals surface area contributed by atoms with E-state index in [2.05, 4.69) is 0 Å². The standard InChI is InChI=1S/2C18H33P.C15H14N.C7HF5O2.Pd/c2*1-4-10-16(11-5-1)19(17-12-6-2-7-13-17)18-14-8-3-9-15-18;1-12(16)15(13-8-4-2-5-9-13)14-10-6-3-7-11-14;8-2-1(7(13)14)3(9)5(11)6(12)4(2)10;/h2*16-18H,1-15H2;2-11,15H,1H3;(H,13,14);/q;;-1;;/p+2. The summed E-state index contributed by atoms with van der Waals surface area (Å²) in [5.74, 6) is -13.9. The molecule has 0 aromatic heterocycles. The van der Waals surface area contributed by atoms with Gasteiger partial charge in [0.05, 0.1) is 34.0 Å². The van der Waals surface area contributed by atoms with E-state index in [0.717, 1.165) is 11.1 Å². The fourth-order valence-electron chi connectivity index (χ4n) is 13.4. The summed E-state index contributed by atoms with van der Waals surface area (Å²) in [5, 5.41) is 18.0. The fourth-order valence-corrected chi connectivity index (χ4v) is 23.8. The number of nitrogens with zero attached hydrogens (tertiary/aromatic N) is 1. The maximum Gasteiger partial charge on any atom is 0.341 e. The van der Waals surface area contributed by atoms with Gasteiger partial charge in [0.25, 0.3) is 0 Å². The molecule has 0 heterocycles. The number of aromatic carboxylic acids is 1.